The van der Waals surface area contributed by atoms with Crippen molar-refractivity contribution in [1.29, 1.82) is 5.26 Å². The van der Waals surface area contributed by atoms with E-state index in [2.05, 4.69) is 20.1 Å². The third-order valence-electron chi connectivity index (χ3n) is 7.78. The van der Waals surface area contributed by atoms with E-state index in [0.717, 1.165) is 19.4 Å². The molecule has 2 fully saturated rings. The predicted octanol–water partition coefficient (Wildman–Crippen LogP) is 1.92. The first kappa shape index (κ1) is 31.8. The van der Waals surface area contributed by atoms with E-state index in [1.54, 1.807) is 30.3 Å². The molecule has 3 aromatic rings. The summed E-state index contributed by atoms with van der Waals surface area (Å²) in [5.41, 5.74) is 4.45. The monoisotopic (exact) mass is 629 g/mol. The van der Waals surface area contributed by atoms with Crippen LogP contribution in [0.5, 0.6) is 5.75 Å². The number of ether oxygens (including phenoxy) is 2. The molecule has 0 saturated carbocycles. The van der Waals surface area contributed by atoms with Crippen LogP contribution < -0.4 is 15.3 Å². The zero-order valence-corrected chi connectivity index (χ0v) is 25.2. The first-order valence-electron chi connectivity index (χ1n) is 14.3. The highest BCUT2D eigenvalue weighted by atomic mass is 31.2. The molecule has 15 nitrogen and oxygen atoms in total. The number of nitrogens with zero attached hydrogens (tertiary/aromatic N) is 5. The zero-order chi connectivity index (χ0) is 31.5. The maximum atomic E-state index is 14.1. The van der Waals surface area contributed by atoms with Crippen LogP contribution in [0.25, 0.3) is 5.52 Å². The molecule has 0 bridgehead atoms. The topological polar surface area (TPSA) is 207 Å². The fraction of sp³-hybridized carbons (Fsp3) is 0.500. The number of para-hydroxylation sites is 1. The fourth-order valence-corrected chi connectivity index (χ4v) is 6.87. The number of likely N-dealkylation sites (tertiary alicyclic amines) is 1. The van der Waals surface area contributed by atoms with Gasteiger partial charge < -0.3 is 29.9 Å². The summed E-state index contributed by atoms with van der Waals surface area (Å²) in [5, 5.41) is 38.9. The number of carbonyl (C=O) groups excluding carboxylic acids is 1. The summed E-state index contributed by atoms with van der Waals surface area (Å²) in [7, 11) is -4.44. The minimum Gasteiger partial charge on any atom is -0.445 e. The van der Waals surface area contributed by atoms with Crippen LogP contribution in [-0.4, -0.2) is 85.5 Å². The summed E-state index contributed by atoms with van der Waals surface area (Å²) in [6, 6.07) is 12.0. The van der Waals surface area contributed by atoms with E-state index in [1.165, 1.54) is 29.9 Å². The van der Waals surface area contributed by atoms with Gasteiger partial charge in [-0.1, -0.05) is 25.1 Å². The van der Waals surface area contributed by atoms with E-state index in [-0.39, 0.29) is 11.6 Å². The normalized spacial score (nSPS) is 27.8. The lowest BCUT2D eigenvalue weighted by Crippen LogP contribution is -2.47. The van der Waals surface area contributed by atoms with Crippen molar-refractivity contribution in [2.75, 3.05) is 25.4 Å². The maximum absolute atomic E-state index is 14.1. The summed E-state index contributed by atoms with van der Waals surface area (Å²) in [5.74, 6) is -0.334. The third-order valence-corrected chi connectivity index (χ3v) is 9.40. The van der Waals surface area contributed by atoms with Gasteiger partial charge >= 0.3 is 13.7 Å². The van der Waals surface area contributed by atoms with Crippen LogP contribution in [0.15, 0.2) is 48.8 Å². The molecule has 2 aromatic heterocycles. The van der Waals surface area contributed by atoms with Crippen LogP contribution in [0.4, 0.5) is 5.82 Å². The Balaban J connectivity index is 1.35. The highest BCUT2D eigenvalue weighted by Gasteiger charge is 2.57. The molecule has 0 spiro atoms. The van der Waals surface area contributed by atoms with Gasteiger partial charge in [-0.3, -0.25) is 14.2 Å². The number of aliphatic hydroxyl groups is 2. The molecular weight excluding hydrogens is 593 g/mol. The first-order chi connectivity index (χ1) is 21.1. The van der Waals surface area contributed by atoms with Crippen LogP contribution >= 0.6 is 7.75 Å². The highest BCUT2D eigenvalue weighted by molar-refractivity contribution is 7.52. The number of rotatable bonds is 11. The number of anilines is 1. The number of piperidine rings is 1. The van der Waals surface area contributed by atoms with E-state index in [0.29, 0.717) is 24.2 Å². The Hall–Kier alpha value is -3.61. The number of nitrogens with one attached hydrogen (secondary N) is 1. The smallest absolute Gasteiger partial charge is 0.445 e. The van der Waals surface area contributed by atoms with Gasteiger partial charge in [-0.15, -0.1) is 0 Å². The van der Waals surface area contributed by atoms with Crippen molar-refractivity contribution in [3.8, 4) is 11.8 Å². The summed E-state index contributed by atoms with van der Waals surface area (Å²) in [4.78, 5) is 19.0. The Morgan fingerprint density at radius 1 is 1.30 bits per heavy atom. The van der Waals surface area contributed by atoms with Crippen molar-refractivity contribution in [1.82, 2.24) is 24.6 Å². The Morgan fingerprint density at radius 3 is 2.80 bits per heavy atom. The van der Waals surface area contributed by atoms with E-state index >= 15 is 0 Å². The average molecular weight is 630 g/mol. The van der Waals surface area contributed by atoms with Gasteiger partial charge in [-0.25, -0.2) is 14.1 Å². The van der Waals surface area contributed by atoms with Gasteiger partial charge in [-0.2, -0.15) is 15.4 Å². The quantitative estimate of drug-likeness (QED) is 0.177. The molecule has 1 aromatic carbocycles. The van der Waals surface area contributed by atoms with Gasteiger partial charge in [0.15, 0.2) is 12.0 Å². The summed E-state index contributed by atoms with van der Waals surface area (Å²) >= 11 is 0. The minimum absolute atomic E-state index is 0.155. The zero-order valence-electron chi connectivity index (χ0n) is 24.4. The first-order valence-corrected chi connectivity index (χ1v) is 15.9. The maximum Gasteiger partial charge on any atom is 0.459 e. The number of nitrogen functional groups attached to an aromatic ring is 1. The van der Waals surface area contributed by atoms with Gasteiger partial charge in [0.25, 0.3) is 0 Å². The van der Waals surface area contributed by atoms with Gasteiger partial charge in [0, 0.05) is 6.54 Å². The summed E-state index contributed by atoms with van der Waals surface area (Å²) in [6.45, 7) is 4.16. The minimum atomic E-state index is -4.44. The second-order valence-electron chi connectivity index (χ2n) is 10.7. The van der Waals surface area contributed by atoms with Crippen LogP contribution in [0, 0.1) is 11.3 Å². The second kappa shape index (κ2) is 13.2. The van der Waals surface area contributed by atoms with E-state index in [4.69, 9.17) is 24.3 Å². The Labute approximate surface area is 254 Å². The number of benzene rings is 1. The van der Waals surface area contributed by atoms with Crippen LogP contribution in [0.3, 0.4) is 0 Å². The van der Waals surface area contributed by atoms with Crippen molar-refractivity contribution in [2.45, 2.75) is 69.3 Å². The van der Waals surface area contributed by atoms with Crippen LogP contribution in [0.2, 0.25) is 0 Å². The number of aliphatic hydroxyl groups excluding tert-OH is 2. The average Bonchev–Trinajstić information content (AvgIpc) is 3.56. The molecule has 7 atom stereocenters. The molecule has 44 heavy (non-hydrogen) atoms. The second-order valence-corrected chi connectivity index (χ2v) is 12.4. The molecule has 2 aliphatic rings. The molecular formula is C28H36N7O8P. The SMILES string of the molecule is CCN1CCCCC1OC(=O)[C@H](C)NP(=O)(OC[C@@]1(C#N)O[C@@H](c2ccc3c(N)ncnn23)[C@H](O)[C@@H]1O)Oc1ccccc1. The molecule has 5 N–H and O–H groups in total. The number of fused-ring (bicyclic) bond motifs is 1. The molecule has 0 aliphatic carbocycles. The summed E-state index contributed by atoms with van der Waals surface area (Å²) in [6.07, 6.45) is -1.21. The number of hydrogen-bond acceptors (Lipinski definition) is 13. The van der Waals surface area contributed by atoms with E-state index in [9.17, 15) is 24.8 Å². The van der Waals surface area contributed by atoms with Gasteiger partial charge in [0.05, 0.1) is 5.69 Å². The highest BCUT2D eigenvalue weighted by Crippen LogP contribution is 2.48. The lowest BCUT2D eigenvalue weighted by atomic mass is 9.96. The van der Waals surface area contributed by atoms with E-state index < -0.39 is 56.5 Å². The molecule has 0 amide bonds. The van der Waals surface area contributed by atoms with Gasteiger partial charge in [-0.05, 0) is 57.0 Å². The Kier molecular flexibility index (Phi) is 9.52. The summed E-state index contributed by atoms with van der Waals surface area (Å²) < 4.78 is 38.5. The molecule has 16 heteroatoms. The Bertz CT molecular complexity index is 1550. The molecule has 5 rings (SSSR count). The lowest BCUT2D eigenvalue weighted by molar-refractivity contribution is -0.164. The molecule has 2 saturated heterocycles. The molecule has 0 radical (unpaired) electrons. The number of nitriles is 1. The van der Waals surface area contributed by atoms with Crippen molar-refractivity contribution in [2.24, 2.45) is 0 Å². The van der Waals surface area contributed by atoms with Crippen LogP contribution in [0.1, 0.15) is 44.9 Å². The lowest BCUT2D eigenvalue weighted by Gasteiger charge is -2.35. The number of carbonyl (C=O) groups is 1. The van der Waals surface area contributed by atoms with Crippen molar-refractivity contribution in [3.63, 3.8) is 0 Å². The predicted molar refractivity (Wildman–Crippen MR) is 156 cm³/mol. The fourth-order valence-electron chi connectivity index (χ4n) is 5.35. The number of nitrogens with two attached hydrogens (primary N) is 1. The molecule has 236 valence electrons. The van der Waals surface area contributed by atoms with Gasteiger partial charge in [0.2, 0.25) is 5.60 Å². The number of aromatic nitrogens is 3. The van der Waals surface area contributed by atoms with Crippen molar-refractivity contribution < 1.29 is 38.1 Å². The standard InChI is InChI=1S/C28H36N7O8P/c1-3-34-14-8-7-11-22(34)41-27(38)18(2)33-44(39,43-19-9-5-4-6-10-19)40-16-28(15-29)25(37)23(36)24(42-28)20-12-13-21-26(30)31-17-32-35(20)21/h4-6,9-10,12-13,17-18,22-25,36-37H,3,7-8,11,14,16H2,1-2H3,(H,33,39)(H2,30,31,32)/t18-,22?,23-,24-,25-,28+,44?/m0/s1. The van der Waals surface area contributed by atoms with E-state index in [1.807, 2.05) is 13.0 Å². The largest absolute Gasteiger partial charge is 0.459 e. The third kappa shape index (κ3) is 6.43. The molecule has 2 unspecified atom stereocenters. The molecule has 2 aliphatic heterocycles. The van der Waals surface area contributed by atoms with Crippen molar-refractivity contribution in [3.05, 3.63) is 54.5 Å². The number of esters is 1. The van der Waals surface area contributed by atoms with Gasteiger partial charge in [0.1, 0.15) is 54.6 Å². The molecule has 4 heterocycles. The van der Waals surface area contributed by atoms with Crippen LogP contribution in [-0.2, 0) is 23.4 Å². The van der Waals surface area contributed by atoms with Crippen molar-refractivity contribution >= 4 is 25.1 Å². The number of hydrogen-bond donors (Lipinski definition) is 4. The Morgan fingerprint density at radius 2 is 2.07 bits per heavy atom.